The Kier molecular flexibility index (Phi) is 6.78. The van der Waals surface area contributed by atoms with E-state index in [1.54, 1.807) is 18.2 Å². The van der Waals surface area contributed by atoms with Gasteiger partial charge in [-0.2, -0.15) is 0 Å². The number of benzene rings is 2. The molecule has 0 aliphatic heterocycles. The molecule has 1 atom stereocenters. The fraction of sp³-hybridized carbons (Fsp3) is 0.176. The summed E-state index contributed by atoms with van der Waals surface area (Å²) in [4.78, 5) is 0. The third-order valence-corrected chi connectivity index (χ3v) is 4.21. The number of hydrogen-bond acceptors (Lipinski definition) is 5. The zero-order valence-corrected chi connectivity index (χ0v) is 14.3. The number of aromatic nitrogens is 2. The van der Waals surface area contributed by atoms with E-state index in [-0.39, 0.29) is 25.7 Å². The number of halogens is 2. The second-order valence-electron chi connectivity index (χ2n) is 5.08. The molecular weight excluding hydrogens is 349 g/mol. The van der Waals surface area contributed by atoms with Crippen LogP contribution in [0.15, 0.2) is 64.2 Å². The van der Waals surface area contributed by atoms with Crippen LogP contribution in [0.2, 0.25) is 0 Å². The largest absolute Gasteiger partial charge is 1.00 e. The molecule has 0 aliphatic rings. The first kappa shape index (κ1) is 18.4. The Bertz CT molecular complexity index is 775. The van der Waals surface area contributed by atoms with Gasteiger partial charge in [0.15, 0.2) is 0 Å². The number of nitrogens with two attached hydrogens (primary N) is 1. The molecule has 3 aromatic rings. The van der Waals surface area contributed by atoms with Crippen molar-refractivity contribution in [2.45, 2.75) is 23.4 Å². The van der Waals surface area contributed by atoms with Crippen LogP contribution in [0.1, 0.15) is 24.5 Å². The van der Waals surface area contributed by atoms with Crippen molar-refractivity contribution in [1.29, 1.82) is 0 Å². The normalized spacial score (nSPS) is 11.8. The van der Waals surface area contributed by atoms with Gasteiger partial charge in [-0.3, -0.25) is 0 Å². The Labute approximate surface area is 151 Å². The maximum atomic E-state index is 13.6. The third-order valence-electron chi connectivity index (χ3n) is 3.35. The van der Waals surface area contributed by atoms with E-state index in [0.29, 0.717) is 28.9 Å². The van der Waals surface area contributed by atoms with Gasteiger partial charge in [-0.1, -0.05) is 60.3 Å². The predicted octanol–water partition coefficient (Wildman–Crippen LogP) is 0.860. The molecule has 7 heteroatoms. The molecule has 2 N–H and O–H groups in total. The van der Waals surface area contributed by atoms with E-state index < -0.39 is 0 Å². The van der Waals surface area contributed by atoms with Crippen molar-refractivity contribution in [3.63, 3.8) is 0 Å². The SMILES string of the molecule is N[C@@H](Cc1ccccc1)c1nnc(SCc2ccccc2F)o1.[Cl-].[H+]. The molecule has 0 fully saturated rings. The minimum Gasteiger partial charge on any atom is -1.00 e. The van der Waals surface area contributed by atoms with Crippen molar-refractivity contribution < 1.29 is 22.6 Å². The summed E-state index contributed by atoms with van der Waals surface area (Å²) >= 11 is 1.30. The van der Waals surface area contributed by atoms with Crippen LogP contribution in [-0.4, -0.2) is 10.2 Å². The molecule has 0 spiro atoms. The number of rotatable bonds is 6. The zero-order chi connectivity index (χ0) is 16.1. The van der Waals surface area contributed by atoms with Crippen molar-refractivity contribution in [2.75, 3.05) is 0 Å². The lowest BCUT2D eigenvalue weighted by molar-refractivity contribution is -0.00000588. The van der Waals surface area contributed by atoms with Crippen LogP contribution in [0.3, 0.4) is 0 Å². The monoisotopic (exact) mass is 365 g/mol. The van der Waals surface area contributed by atoms with Crippen LogP contribution < -0.4 is 18.1 Å². The van der Waals surface area contributed by atoms with E-state index in [1.807, 2.05) is 30.3 Å². The van der Waals surface area contributed by atoms with Gasteiger partial charge >= 0.3 is 1.43 Å². The van der Waals surface area contributed by atoms with Gasteiger partial charge in [0, 0.05) is 5.75 Å². The average molecular weight is 366 g/mol. The molecule has 0 bridgehead atoms. The van der Waals surface area contributed by atoms with E-state index in [2.05, 4.69) is 10.2 Å². The number of hydrogen-bond donors (Lipinski definition) is 1. The molecule has 0 saturated heterocycles. The molecule has 1 heterocycles. The van der Waals surface area contributed by atoms with E-state index in [1.165, 1.54) is 17.8 Å². The standard InChI is InChI=1S/C17H16FN3OS.ClH/c18-14-9-5-4-8-13(14)11-23-17-21-20-16(22-17)15(19)10-12-6-2-1-3-7-12;/h1-9,15H,10-11,19H2;1H/t15-;/m0./s1. The molecule has 0 saturated carbocycles. The van der Waals surface area contributed by atoms with E-state index in [0.717, 1.165) is 5.56 Å². The van der Waals surface area contributed by atoms with Crippen molar-refractivity contribution in [3.05, 3.63) is 77.4 Å². The van der Waals surface area contributed by atoms with E-state index >= 15 is 0 Å². The van der Waals surface area contributed by atoms with Crippen LogP contribution in [-0.2, 0) is 12.2 Å². The van der Waals surface area contributed by atoms with Crippen molar-refractivity contribution in [3.8, 4) is 0 Å². The predicted molar refractivity (Wildman–Crippen MR) is 88.4 cm³/mol. The molecule has 3 rings (SSSR count). The van der Waals surface area contributed by atoms with Crippen molar-refractivity contribution in [1.82, 2.24) is 10.2 Å². The highest BCUT2D eigenvalue weighted by Crippen LogP contribution is 2.24. The molecule has 4 nitrogen and oxygen atoms in total. The highest BCUT2D eigenvalue weighted by Gasteiger charge is 2.15. The quantitative estimate of drug-likeness (QED) is 0.656. The number of thioether (sulfide) groups is 1. The summed E-state index contributed by atoms with van der Waals surface area (Å²) in [5, 5.41) is 8.35. The van der Waals surface area contributed by atoms with Gasteiger partial charge in [0.25, 0.3) is 5.22 Å². The van der Waals surface area contributed by atoms with Gasteiger partial charge in [-0.25, -0.2) is 4.39 Å². The summed E-state index contributed by atoms with van der Waals surface area (Å²) in [5.41, 5.74) is 7.82. The van der Waals surface area contributed by atoms with Crippen LogP contribution >= 0.6 is 11.8 Å². The van der Waals surface area contributed by atoms with Gasteiger partial charge in [-0.05, 0) is 23.6 Å². The summed E-state index contributed by atoms with van der Waals surface area (Å²) in [6, 6.07) is 16.2. The van der Waals surface area contributed by atoms with Gasteiger partial charge in [0.1, 0.15) is 5.82 Å². The Hall–Kier alpha value is -1.89. The molecule has 24 heavy (non-hydrogen) atoms. The maximum absolute atomic E-state index is 13.6. The highest BCUT2D eigenvalue weighted by atomic mass is 35.5. The van der Waals surface area contributed by atoms with Crippen LogP contribution in [0.25, 0.3) is 0 Å². The summed E-state index contributed by atoms with van der Waals surface area (Å²) < 4.78 is 19.1. The molecule has 0 aliphatic carbocycles. The summed E-state index contributed by atoms with van der Waals surface area (Å²) in [6.07, 6.45) is 0.625. The van der Waals surface area contributed by atoms with Crippen LogP contribution in [0.4, 0.5) is 4.39 Å². The first-order chi connectivity index (χ1) is 11.2. The smallest absolute Gasteiger partial charge is 1.00 e. The summed E-state index contributed by atoms with van der Waals surface area (Å²) in [7, 11) is 0. The molecule has 1 aromatic heterocycles. The Morgan fingerprint density at radius 3 is 2.54 bits per heavy atom. The van der Waals surface area contributed by atoms with E-state index in [4.69, 9.17) is 10.2 Å². The molecule has 2 aromatic carbocycles. The topological polar surface area (TPSA) is 64.9 Å². The fourth-order valence-electron chi connectivity index (χ4n) is 2.14. The zero-order valence-electron chi connectivity index (χ0n) is 13.7. The lowest BCUT2D eigenvalue weighted by Crippen LogP contribution is -3.00. The first-order valence-corrected chi connectivity index (χ1v) is 8.20. The Morgan fingerprint density at radius 2 is 1.79 bits per heavy atom. The highest BCUT2D eigenvalue weighted by molar-refractivity contribution is 7.98. The van der Waals surface area contributed by atoms with Crippen LogP contribution in [0.5, 0.6) is 0 Å². The van der Waals surface area contributed by atoms with Crippen molar-refractivity contribution >= 4 is 11.8 Å². The minimum atomic E-state index is -0.354. The van der Waals surface area contributed by atoms with Gasteiger partial charge < -0.3 is 22.6 Å². The Morgan fingerprint density at radius 1 is 1.08 bits per heavy atom. The minimum absolute atomic E-state index is 0. The second kappa shape index (κ2) is 8.82. The Balaban J connectivity index is 0.00000156. The van der Waals surface area contributed by atoms with E-state index in [9.17, 15) is 4.39 Å². The fourth-order valence-corrected chi connectivity index (χ4v) is 2.89. The lowest BCUT2D eigenvalue weighted by atomic mass is 10.1. The summed E-state index contributed by atoms with van der Waals surface area (Å²) in [5.74, 6) is 0.591. The number of nitrogens with zero attached hydrogens (tertiary/aromatic N) is 2. The lowest BCUT2D eigenvalue weighted by Gasteiger charge is -2.06. The molecule has 0 radical (unpaired) electrons. The molecule has 126 valence electrons. The third kappa shape index (κ3) is 4.80. The summed E-state index contributed by atoms with van der Waals surface area (Å²) in [6.45, 7) is 0. The molecular formula is C17H17ClFN3OS. The molecule has 0 amide bonds. The van der Waals surface area contributed by atoms with Gasteiger partial charge in [0.05, 0.1) is 6.04 Å². The van der Waals surface area contributed by atoms with Gasteiger partial charge in [-0.15, -0.1) is 10.2 Å². The second-order valence-corrected chi connectivity index (χ2v) is 6.01. The van der Waals surface area contributed by atoms with Crippen LogP contribution in [0, 0.1) is 5.82 Å². The first-order valence-electron chi connectivity index (χ1n) is 7.21. The van der Waals surface area contributed by atoms with Crippen molar-refractivity contribution in [2.24, 2.45) is 5.73 Å². The average Bonchev–Trinajstić information content (AvgIpc) is 3.04. The maximum Gasteiger partial charge on any atom is 1.00 e. The molecule has 0 unspecified atom stereocenters. The van der Waals surface area contributed by atoms with Gasteiger partial charge in [0.2, 0.25) is 5.89 Å².